The van der Waals surface area contributed by atoms with Crippen molar-refractivity contribution in [1.29, 1.82) is 0 Å². The minimum Gasteiger partial charge on any atom is -0.247 e. The molecule has 0 aliphatic rings. The lowest BCUT2D eigenvalue weighted by molar-refractivity contribution is 0.506. The Morgan fingerprint density at radius 1 is 1.36 bits per heavy atom. The normalized spacial score (nSPS) is 10.5. The van der Waals surface area contributed by atoms with Crippen LogP contribution in [0.2, 0.25) is 0 Å². The molecule has 0 saturated carbocycles. The van der Waals surface area contributed by atoms with Crippen LogP contribution < -0.4 is 0 Å². The van der Waals surface area contributed by atoms with Crippen LogP contribution in [0.5, 0.6) is 0 Å². The number of nitrogens with zero attached hydrogens (tertiary/aromatic N) is 1. The van der Waals surface area contributed by atoms with Gasteiger partial charge in [-0.15, -0.1) is 0 Å². The molecule has 0 radical (unpaired) electrons. The van der Waals surface area contributed by atoms with Crippen LogP contribution in [0.3, 0.4) is 0 Å². The van der Waals surface area contributed by atoms with E-state index >= 15 is 0 Å². The molecule has 0 amide bonds. The molecular weight excluding hydrogens is 249 g/mol. The third-order valence-corrected chi connectivity index (χ3v) is 2.64. The van der Waals surface area contributed by atoms with Crippen molar-refractivity contribution >= 4 is 22.9 Å². The van der Waals surface area contributed by atoms with E-state index in [9.17, 15) is 0 Å². The lowest BCUT2D eigenvalue weighted by Crippen LogP contribution is -2.13. The van der Waals surface area contributed by atoms with Gasteiger partial charge in [0.05, 0.1) is 0 Å². The Kier molecular flexibility index (Phi) is 7.38. The van der Waals surface area contributed by atoms with Crippen LogP contribution in [0.25, 0.3) is 0 Å². The highest BCUT2D eigenvalue weighted by molar-refractivity contribution is 14.1. The van der Waals surface area contributed by atoms with Crippen molar-refractivity contribution in [3.63, 3.8) is 0 Å². The summed E-state index contributed by atoms with van der Waals surface area (Å²) in [6, 6.07) is 0. The average Bonchev–Trinajstić information content (AvgIpc) is 2.01. The van der Waals surface area contributed by atoms with Gasteiger partial charge >= 0.3 is 0 Å². The van der Waals surface area contributed by atoms with Gasteiger partial charge in [0.1, 0.15) is 0 Å². The van der Waals surface area contributed by atoms with Gasteiger partial charge in [0, 0.05) is 36.0 Å². The molecule has 11 heavy (non-hydrogen) atoms. The Balaban J connectivity index is 3.29. The molecule has 2 heteroatoms. The highest BCUT2D eigenvalue weighted by atomic mass is 127. The topological polar surface area (TPSA) is 3.24 Å². The zero-order valence-corrected chi connectivity index (χ0v) is 9.73. The Bertz CT molecular complexity index is 112. The average molecular weight is 267 g/mol. The fourth-order valence-corrected chi connectivity index (χ4v) is 1.53. The molecule has 0 rings (SSSR count). The molecule has 0 N–H and O–H groups in total. The Morgan fingerprint density at radius 3 is 2.45 bits per heavy atom. The van der Waals surface area contributed by atoms with Crippen molar-refractivity contribution in [2.45, 2.75) is 33.1 Å². The lowest BCUT2D eigenvalue weighted by Gasteiger charge is -2.12. The molecule has 0 heterocycles. The van der Waals surface area contributed by atoms with E-state index in [0.29, 0.717) is 0 Å². The molecule has 0 unspecified atom stereocenters. The number of halogens is 1. The zero-order chi connectivity index (χ0) is 8.69. The van der Waals surface area contributed by atoms with Crippen molar-refractivity contribution in [2.75, 3.05) is 13.1 Å². The van der Waals surface area contributed by atoms with Crippen LogP contribution in [0, 0.1) is 0 Å². The van der Waals surface area contributed by atoms with E-state index in [-0.39, 0.29) is 0 Å². The summed E-state index contributed by atoms with van der Waals surface area (Å²) in [5, 5.41) is 0. The zero-order valence-electron chi connectivity index (χ0n) is 7.57. The first-order valence-electron chi connectivity index (χ1n) is 4.28. The first-order valence-corrected chi connectivity index (χ1v) is 5.24. The Hall–Kier alpha value is 0.430. The van der Waals surface area contributed by atoms with E-state index in [0.717, 1.165) is 19.4 Å². The standard InChI is InChI=1S/C9H18IN/c1-4-7-11(10)8-6-9(3)5-2/h3-8H2,1-2H3. The first-order chi connectivity index (χ1) is 5.20. The molecule has 0 aromatic carbocycles. The van der Waals surface area contributed by atoms with Gasteiger partial charge in [-0.3, -0.25) is 0 Å². The third kappa shape index (κ3) is 6.81. The van der Waals surface area contributed by atoms with Crippen LogP contribution in [0.4, 0.5) is 0 Å². The second-order valence-electron chi connectivity index (χ2n) is 2.76. The van der Waals surface area contributed by atoms with E-state index in [1.807, 2.05) is 0 Å². The maximum Gasteiger partial charge on any atom is 0.0201 e. The molecule has 1 nitrogen and oxygen atoms in total. The van der Waals surface area contributed by atoms with Gasteiger partial charge in [-0.2, -0.15) is 0 Å². The SMILES string of the molecule is C=C(CC)CCN(I)CCC. The van der Waals surface area contributed by atoms with Gasteiger partial charge in [0.25, 0.3) is 0 Å². The van der Waals surface area contributed by atoms with Crippen molar-refractivity contribution < 1.29 is 0 Å². The molecule has 0 spiro atoms. The van der Waals surface area contributed by atoms with E-state index in [2.05, 4.69) is 46.4 Å². The maximum absolute atomic E-state index is 3.98. The Labute approximate surface area is 84.3 Å². The number of rotatable bonds is 6. The van der Waals surface area contributed by atoms with Crippen molar-refractivity contribution in [3.8, 4) is 0 Å². The monoisotopic (exact) mass is 267 g/mol. The summed E-state index contributed by atoms with van der Waals surface area (Å²) in [7, 11) is 0. The summed E-state index contributed by atoms with van der Waals surface area (Å²) in [5.41, 5.74) is 1.36. The van der Waals surface area contributed by atoms with E-state index in [1.54, 1.807) is 0 Å². The molecule has 0 saturated heterocycles. The van der Waals surface area contributed by atoms with Gasteiger partial charge < -0.3 is 0 Å². The highest BCUT2D eigenvalue weighted by Gasteiger charge is 1.98. The van der Waals surface area contributed by atoms with Crippen LogP contribution in [-0.4, -0.2) is 16.2 Å². The fourth-order valence-electron chi connectivity index (χ4n) is 0.811. The number of hydrogen-bond acceptors (Lipinski definition) is 1. The summed E-state index contributed by atoms with van der Waals surface area (Å²) in [4.78, 5) is 0. The van der Waals surface area contributed by atoms with Crippen molar-refractivity contribution in [3.05, 3.63) is 12.2 Å². The van der Waals surface area contributed by atoms with E-state index in [1.165, 1.54) is 18.5 Å². The van der Waals surface area contributed by atoms with E-state index in [4.69, 9.17) is 0 Å². The van der Waals surface area contributed by atoms with Crippen molar-refractivity contribution in [2.24, 2.45) is 0 Å². The summed E-state index contributed by atoms with van der Waals surface area (Å²) in [6.07, 6.45) is 3.51. The number of hydrogen-bond donors (Lipinski definition) is 0. The second kappa shape index (κ2) is 7.10. The largest absolute Gasteiger partial charge is 0.247 e. The molecule has 0 atom stereocenters. The van der Waals surface area contributed by atoms with E-state index < -0.39 is 0 Å². The highest BCUT2D eigenvalue weighted by Crippen LogP contribution is 2.07. The lowest BCUT2D eigenvalue weighted by atomic mass is 10.2. The molecule has 0 aromatic heterocycles. The molecule has 0 bridgehead atoms. The third-order valence-electron chi connectivity index (χ3n) is 1.67. The van der Waals surface area contributed by atoms with Crippen molar-refractivity contribution in [1.82, 2.24) is 3.11 Å². The smallest absolute Gasteiger partial charge is 0.0201 e. The maximum atomic E-state index is 3.98. The fraction of sp³-hybridized carbons (Fsp3) is 0.778. The van der Waals surface area contributed by atoms with Gasteiger partial charge in [-0.05, 0) is 19.3 Å². The van der Waals surface area contributed by atoms with Crippen LogP contribution in [0.15, 0.2) is 12.2 Å². The Morgan fingerprint density at radius 2 is 2.00 bits per heavy atom. The van der Waals surface area contributed by atoms with Crippen LogP contribution in [-0.2, 0) is 0 Å². The summed E-state index contributed by atoms with van der Waals surface area (Å²) < 4.78 is 2.33. The minimum absolute atomic E-state index is 1.12. The molecule has 0 aliphatic heterocycles. The predicted octanol–water partition coefficient (Wildman–Crippen LogP) is 3.40. The minimum atomic E-state index is 1.12. The van der Waals surface area contributed by atoms with Gasteiger partial charge in [0.2, 0.25) is 0 Å². The summed E-state index contributed by atoms with van der Waals surface area (Å²) in [6.45, 7) is 10.7. The van der Waals surface area contributed by atoms with Gasteiger partial charge in [-0.25, -0.2) is 3.11 Å². The summed E-state index contributed by atoms with van der Waals surface area (Å²) in [5.74, 6) is 0. The quantitative estimate of drug-likeness (QED) is 0.405. The predicted molar refractivity (Wildman–Crippen MR) is 59.9 cm³/mol. The molecule has 66 valence electrons. The molecule has 0 aliphatic carbocycles. The molecule has 0 fully saturated rings. The van der Waals surface area contributed by atoms with Gasteiger partial charge in [0.15, 0.2) is 0 Å². The van der Waals surface area contributed by atoms with Crippen LogP contribution in [0.1, 0.15) is 33.1 Å². The molecular formula is C9H18IN. The van der Waals surface area contributed by atoms with Crippen LogP contribution >= 0.6 is 22.9 Å². The summed E-state index contributed by atoms with van der Waals surface area (Å²) >= 11 is 2.38. The van der Waals surface area contributed by atoms with Gasteiger partial charge in [-0.1, -0.05) is 26.0 Å². The second-order valence-corrected chi connectivity index (χ2v) is 4.13. The molecule has 0 aromatic rings. The first kappa shape index (κ1) is 11.4.